The fourth-order valence-corrected chi connectivity index (χ4v) is 5.16. The summed E-state index contributed by atoms with van der Waals surface area (Å²) in [7, 11) is 1.60. The van der Waals surface area contributed by atoms with Crippen molar-refractivity contribution in [3.05, 3.63) is 48.0 Å². The van der Waals surface area contributed by atoms with Crippen LogP contribution in [0.3, 0.4) is 0 Å². The van der Waals surface area contributed by atoms with Gasteiger partial charge in [-0.15, -0.1) is 0 Å². The van der Waals surface area contributed by atoms with Crippen molar-refractivity contribution in [3.8, 4) is 5.75 Å². The predicted molar refractivity (Wildman–Crippen MR) is 142 cm³/mol. The van der Waals surface area contributed by atoms with Gasteiger partial charge >= 0.3 is 12.0 Å². The second-order valence-electron chi connectivity index (χ2n) is 10.3. The highest BCUT2D eigenvalue weighted by Crippen LogP contribution is 2.46. The summed E-state index contributed by atoms with van der Waals surface area (Å²) in [4.78, 5) is 48.1. The van der Waals surface area contributed by atoms with E-state index in [1.54, 1.807) is 24.5 Å². The third kappa shape index (κ3) is 7.26. The molecule has 1 aliphatic carbocycles. The van der Waals surface area contributed by atoms with Gasteiger partial charge in [-0.3, -0.25) is 9.59 Å². The van der Waals surface area contributed by atoms with E-state index in [9.17, 15) is 14.4 Å². The van der Waals surface area contributed by atoms with Crippen LogP contribution in [0.15, 0.2) is 36.8 Å². The Balaban J connectivity index is 1.40. The molecule has 1 aromatic heterocycles. The van der Waals surface area contributed by atoms with Gasteiger partial charge in [-0.1, -0.05) is 25.0 Å². The zero-order valence-corrected chi connectivity index (χ0v) is 22.3. The van der Waals surface area contributed by atoms with Crippen LogP contribution in [0, 0.1) is 11.3 Å². The van der Waals surface area contributed by atoms with E-state index in [0.717, 1.165) is 36.3 Å². The maximum absolute atomic E-state index is 13.7. The molecule has 2 heterocycles. The molecule has 10 heteroatoms. The molecule has 3 amide bonds. The van der Waals surface area contributed by atoms with Gasteiger partial charge < -0.3 is 30.0 Å². The molecule has 0 bridgehead atoms. The lowest BCUT2D eigenvalue weighted by Crippen LogP contribution is -2.55. The number of ether oxygens (including phenoxy) is 2. The van der Waals surface area contributed by atoms with Gasteiger partial charge in [0.05, 0.1) is 25.5 Å². The molecular weight excluding hydrogens is 486 g/mol. The number of urea groups is 1. The molecule has 2 aliphatic rings. The van der Waals surface area contributed by atoms with E-state index in [4.69, 9.17) is 9.47 Å². The highest BCUT2D eigenvalue weighted by Gasteiger charge is 2.47. The molecule has 1 aromatic carbocycles. The Labute approximate surface area is 223 Å². The largest absolute Gasteiger partial charge is 0.497 e. The van der Waals surface area contributed by atoms with E-state index >= 15 is 0 Å². The molecule has 206 valence electrons. The van der Waals surface area contributed by atoms with E-state index in [1.807, 2.05) is 31.2 Å². The number of likely N-dealkylation sites (tertiary alicyclic amines) is 1. The van der Waals surface area contributed by atoms with Crippen LogP contribution < -0.4 is 15.4 Å². The van der Waals surface area contributed by atoms with E-state index in [2.05, 4.69) is 20.6 Å². The fraction of sp³-hybridized carbons (Fsp3) is 0.571. The van der Waals surface area contributed by atoms with E-state index < -0.39 is 17.5 Å². The first-order valence-electron chi connectivity index (χ1n) is 13.5. The summed E-state index contributed by atoms with van der Waals surface area (Å²) in [6.07, 6.45) is 8.58. The van der Waals surface area contributed by atoms with Crippen molar-refractivity contribution in [3.63, 3.8) is 0 Å². The minimum atomic E-state index is -0.742. The lowest BCUT2D eigenvalue weighted by Gasteiger charge is -2.41. The Morgan fingerprint density at radius 2 is 1.92 bits per heavy atom. The summed E-state index contributed by atoms with van der Waals surface area (Å²) in [5.41, 5.74) is 1.31. The number of esters is 1. The van der Waals surface area contributed by atoms with Gasteiger partial charge in [-0.25, -0.2) is 9.78 Å². The highest BCUT2D eigenvalue weighted by molar-refractivity contribution is 5.88. The van der Waals surface area contributed by atoms with Crippen LogP contribution in [0.2, 0.25) is 0 Å². The first kappa shape index (κ1) is 27.5. The number of amides is 3. The lowest BCUT2D eigenvalue weighted by molar-refractivity contribution is -0.161. The number of benzene rings is 1. The number of methoxy groups -OCH3 is 1. The Kier molecular flexibility index (Phi) is 9.25. The number of nitrogens with one attached hydrogen (secondary N) is 3. The molecule has 1 saturated heterocycles. The number of H-pyrrole nitrogens is 1. The quantitative estimate of drug-likeness (QED) is 0.366. The second-order valence-corrected chi connectivity index (χ2v) is 10.3. The summed E-state index contributed by atoms with van der Waals surface area (Å²) in [6, 6.07) is 6.34. The van der Waals surface area contributed by atoms with E-state index in [-0.39, 0.29) is 11.9 Å². The lowest BCUT2D eigenvalue weighted by atomic mass is 9.74. The Morgan fingerprint density at radius 1 is 1.18 bits per heavy atom. The minimum absolute atomic E-state index is 0.136. The Morgan fingerprint density at radius 3 is 2.53 bits per heavy atom. The van der Waals surface area contributed by atoms with Crippen LogP contribution in [0.5, 0.6) is 5.75 Å². The van der Waals surface area contributed by atoms with Gasteiger partial charge in [-0.2, -0.15) is 0 Å². The van der Waals surface area contributed by atoms with Crippen LogP contribution in [0.4, 0.5) is 4.79 Å². The topological polar surface area (TPSA) is 126 Å². The molecule has 3 N–H and O–H groups in total. The summed E-state index contributed by atoms with van der Waals surface area (Å²) >= 11 is 0. The summed E-state index contributed by atoms with van der Waals surface area (Å²) in [6.45, 7) is 3.53. The number of rotatable bonds is 12. The number of nitrogens with zero attached hydrogens (tertiary/aromatic N) is 2. The van der Waals surface area contributed by atoms with Crippen molar-refractivity contribution in [2.75, 3.05) is 33.4 Å². The SMILES string of the molecule is CCOC(=O)C1(CC2CC2)CCN(C(=O)C(Cc2ccc(OC)cc2)NC(=O)NCCc2cnc[nH]2)CC1. The number of aromatic amines is 1. The van der Waals surface area contributed by atoms with Gasteiger partial charge in [0, 0.05) is 44.4 Å². The second kappa shape index (κ2) is 12.8. The average Bonchev–Trinajstić information content (AvgIpc) is 3.58. The molecule has 4 rings (SSSR count). The van der Waals surface area contributed by atoms with Crippen LogP contribution in [0.1, 0.15) is 50.3 Å². The van der Waals surface area contributed by atoms with Crippen molar-refractivity contribution in [2.45, 2.75) is 57.9 Å². The molecule has 38 heavy (non-hydrogen) atoms. The number of aromatic nitrogens is 2. The zero-order valence-electron chi connectivity index (χ0n) is 22.3. The first-order valence-corrected chi connectivity index (χ1v) is 13.5. The van der Waals surface area contributed by atoms with Crippen LogP contribution in [0.25, 0.3) is 0 Å². The van der Waals surface area contributed by atoms with Gasteiger partial charge in [0.1, 0.15) is 11.8 Å². The third-order valence-electron chi connectivity index (χ3n) is 7.55. The summed E-state index contributed by atoms with van der Waals surface area (Å²) in [5.74, 6) is 1.02. The summed E-state index contributed by atoms with van der Waals surface area (Å²) < 4.78 is 10.7. The maximum Gasteiger partial charge on any atom is 0.315 e. The highest BCUT2D eigenvalue weighted by atomic mass is 16.5. The van der Waals surface area contributed by atoms with Crippen molar-refractivity contribution in [1.29, 1.82) is 0 Å². The Bertz CT molecular complexity index is 1060. The van der Waals surface area contributed by atoms with Gasteiger partial charge in [0.25, 0.3) is 0 Å². The number of piperidine rings is 1. The van der Waals surface area contributed by atoms with Crippen molar-refractivity contribution in [1.82, 2.24) is 25.5 Å². The van der Waals surface area contributed by atoms with Crippen molar-refractivity contribution in [2.24, 2.45) is 11.3 Å². The molecule has 1 unspecified atom stereocenters. The number of carbonyl (C=O) groups is 3. The summed E-state index contributed by atoms with van der Waals surface area (Å²) in [5, 5.41) is 5.72. The number of imidazole rings is 1. The Hall–Kier alpha value is -3.56. The van der Waals surface area contributed by atoms with Gasteiger partial charge in [0.15, 0.2) is 0 Å². The number of carbonyl (C=O) groups excluding carboxylic acids is 3. The van der Waals surface area contributed by atoms with Crippen LogP contribution in [-0.4, -0.2) is 72.2 Å². The predicted octanol–water partition coefficient (Wildman–Crippen LogP) is 2.84. The van der Waals surface area contributed by atoms with Gasteiger partial charge in [0.2, 0.25) is 5.91 Å². The zero-order chi connectivity index (χ0) is 27.0. The molecule has 2 aromatic rings. The third-order valence-corrected chi connectivity index (χ3v) is 7.55. The standard InChI is InChI=1S/C28H39N5O5/c1-3-38-26(35)28(17-21-4-5-21)11-14-33(15-12-28)25(34)24(16-20-6-8-23(37-2)9-7-20)32-27(36)30-13-10-22-18-29-19-31-22/h6-9,18-19,21,24H,3-5,10-17H2,1-2H3,(H,29,31)(H2,30,32,36). The minimum Gasteiger partial charge on any atom is -0.497 e. The van der Waals surface area contributed by atoms with Crippen molar-refractivity contribution >= 4 is 17.9 Å². The molecule has 1 atom stereocenters. The van der Waals surface area contributed by atoms with Crippen molar-refractivity contribution < 1.29 is 23.9 Å². The first-order chi connectivity index (χ1) is 18.4. The average molecular weight is 526 g/mol. The molecule has 1 saturated carbocycles. The van der Waals surface area contributed by atoms with E-state index in [0.29, 0.717) is 57.8 Å². The van der Waals surface area contributed by atoms with Gasteiger partial charge in [-0.05, 0) is 49.8 Å². The fourth-order valence-electron chi connectivity index (χ4n) is 5.16. The van der Waals surface area contributed by atoms with Crippen LogP contribution >= 0.6 is 0 Å². The molecular formula is C28H39N5O5. The van der Waals surface area contributed by atoms with E-state index in [1.165, 1.54) is 0 Å². The van der Waals surface area contributed by atoms with Crippen LogP contribution in [-0.2, 0) is 27.2 Å². The molecule has 1 aliphatic heterocycles. The monoisotopic (exact) mass is 525 g/mol. The molecule has 0 spiro atoms. The number of hydrogen-bond acceptors (Lipinski definition) is 6. The molecule has 2 fully saturated rings. The molecule has 10 nitrogen and oxygen atoms in total. The molecule has 0 radical (unpaired) electrons. The smallest absolute Gasteiger partial charge is 0.315 e. The number of hydrogen-bond donors (Lipinski definition) is 3. The maximum atomic E-state index is 13.7. The normalized spacial score (nSPS) is 17.4.